The lowest BCUT2D eigenvalue weighted by Gasteiger charge is -2.40. The fraction of sp³-hybridized carbons (Fsp3) is 0.667. The Morgan fingerprint density at radius 2 is 1.73 bits per heavy atom. The number of hydrogen-bond acceptors (Lipinski definition) is 9. The molecule has 166 valence electrons. The fourth-order valence-electron chi connectivity index (χ4n) is 5.25. The second-order valence-corrected chi connectivity index (χ2v) is 8.62. The van der Waals surface area contributed by atoms with Gasteiger partial charge in [-0.15, -0.1) is 0 Å². The van der Waals surface area contributed by atoms with E-state index in [9.17, 15) is 30.3 Å². The van der Waals surface area contributed by atoms with Gasteiger partial charge in [0.05, 0.1) is 24.7 Å². The summed E-state index contributed by atoms with van der Waals surface area (Å²) in [6, 6.07) is 0. The minimum Gasteiger partial charge on any atom is -0.458 e. The van der Waals surface area contributed by atoms with E-state index >= 15 is 0 Å². The minimum atomic E-state index is -1.55. The quantitative estimate of drug-likeness (QED) is 0.214. The molecule has 9 nitrogen and oxygen atoms in total. The van der Waals surface area contributed by atoms with Crippen LogP contribution in [0.5, 0.6) is 0 Å². The van der Waals surface area contributed by atoms with Gasteiger partial charge in [-0.25, -0.2) is 4.79 Å². The lowest BCUT2D eigenvalue weighted by molar-refractivity contribution is -0.308. The van der Waals surface area contributed by atoms with Crippen molar-refractivity contribution >= 4 is 5.97 Å². The van der Waals surface area contributed by atoms with Gasteiger partial charge >= 0.3 is 5.97 Å². The molecule has 5 N–H and O–H groups in total. The summed E-state index contributed by atoms with van der Waals surface area (Å²) in [6.07, 6.45) is -8.30. The van der Waals surface area contributed by atoms with Gasteiger partial charge < -0.3 is 39.7 Å². The molecule has 0 unspecified atom stereocenters. The van der Waals surface area contributed by atoms with Gasteiger partial charge in [-0.1, -0.05) is 25.3 Å². The Kier molecular flexibility index (Phi) is 5.65. The van der Waals surface area contributed by atoms with Gasteiger partial charge in [0.25, 0.3) is 0 Å². The van der Waals surface area contributed by atoms with E-state index in [1.807, 2.05) is 0 Å². The Bertz CT molecular complexity index is 762. The van der Waals surface area contributed by atoms with Crippen LogP contribution >= 0.6 is 0 Å². The standard InChI is InChI=1S/C21H28O9/c1-7-4-11(23)15-9(3)20(27)30-19(15)14-8(2)12(5-10(7)14)28-21-18(26)17(25)16(24)13(6-22)29-21/h10-19,21-26H,1-6H2/t10-,11+,12-,13+,14-,15+,16+,17-,18+,19+,21+/m0/s1. The zero-order valence-electron chi connectivity index (χ0n) is 16.5. The highest BCUT2D eigenvalue weighted by Gasteiger charge is 2.56. The zero-order valence-corrected chi connectivity index (χ0v) is 16.5. The first-order valence-electron chi connectivity index (χ1n) is 10.1. The van der Waals surface area contributed by atoms with Gasteiger partial charge in [0, 0.05) is 11.5 Å². The van der Waals surface area contributed by atoms with Crippen molar-refractivity contribution in [3.05, 3.63) is 36.5 Å². The summed E-state index contributed by atoms with van der Waals surface area (Å²) in [4.78, 5) is 12.1. The molecule has 30 heavy (non-hydrogen) atoms. The van der Waals surface area contributed by atoms with E-state index in [1.54, 1.807) is 0 Å². The Hall–Kier alpha value is -1.59. The van der Waals surface area contributed by atoms with E-state index in [0.29, 0.717) is 12.0 Å². The maximum absolute atomic E-state index is 12.1. The average Bonchev–Trinajstić information content (AvgIpc) is 3.15. The van der Waals surface area contributed by atoms with Gasteiger partial charge in [0.1, 0.15) is 30.5 Å². The highest BCUT2D eigenvalue weighted by atomic mass is 16.7. The Labute approximate surface area is 173 Å². The summed E-state index contributed by atoms with van der Waals surface area (Å²) < 4.78 is 16.9. The molecule has 2 saturated carbocycles. The maximum Gasteiger partial charge on any atom is 0.334 e. The summed E-state index contributed by atoms with van der Waals surface area (Å²) in [5.41, 5.74) is 1.61. The Morgan fingerprint density at radius 3 is 2.40 bits per heavy atom. The molecule has 4 rings (SSSR count). The van der Waals surface area contributed by atoms with Crippen LogP contribution < -0.4 is 0 Å². The molecule has 2 heterocycles. The van der Waals surface area contributed by atoms with E-state index in [1.165, 1.54) is 0 Å². The minimum absolute atomic E-state index is 0.171. The molecule has 2 aliphatic heterocycles. The monoisotopic (exact) mass is 424 g/mol. The topological polar surface area (TPSA) is 146 Å². The van der Waals surface area contributed by atoms with Crippen molar-refractivity contribution in [2.75, 3.05) is 6.61 Å². The van der Waals surface area contributed by atoms with Crippen LogP contribution in [-0.4, -0.2) is 87.1 Å². The first kappa shape index (κ1) is 21.6. The average molecular weight is 424 g/mol. The number of aliphatic hydroxyl groups excluding tert-OH is 5. The van der Waals surface area contributed by atoms with Crippen LogP contribution in [0.2, 0.25) is 0 Å². The molecule has 4 aliphatic rings. The number of rotatable bonds is 3. The second kappa shape index (κ2) is 7.83. The van der Waals surface area contributed by atoms with Crippen LogP contribution in [0, 0.1) is 17.8 Å². The number of carbonyl (C=O) groups is 1. The molecule has 4 fully saturated rings. The number of aliphatic hydroxyl groups is 5. The van der Waals surface area contributed by atoms with Crippen molar-refractivity contribution in [2.24, 2.45) is 17.8 Å². The summed E-state index contributed by atoms with van der Waals surface area (Å²) >= 11 is 0. The van der Waals surface area contributed by atoms with Crippen molar-refractivity contribution in [1.82, 2.24) is 0 Å². The number of carbonyl (C=O) groups excluding carboxylic acids is 1. The van der Waals surface area contributed by atoms with Crippen molar-refractivity contribution in [1.29, 1.82) is 0 Å². The highest BCUT2D eigenvalue weighted by Crippen LogP contribution is 2.53. The summed E-state index contributed by atoms with van der Waals surface area (Å²) in [5.74, 6) is -1.62. The van der Waals surface area contributed by atoms with E-state index in [0.717, 1.165) is 5.57 Å². The molecule has 0 amide bonds. The summed E-state index contributed by atoms with van der Waals surface area (Å²) in [5, 5.41) is 50.2. The molecule has 2 saturated heterocycles. The molecular weight excluding hydrogens is 396 g/mol. The van der Waals surface area contributed by atoms with E-state index in [2.05, 4.69) is 19.7 Å². The molecule has 0 aromatic rings. The lowest BCUT2D eigenvalue weighted by Crippen LogP contribution is -2.59. The van der Waals surface area contributed by atoms with Crippen LogP contribution in [0.15, 0.2) is 36.5 Å². The molecule has 9 heteroatoms. The Morgan fingerprint density at radius 1 is 1.03 bits per heavy atom. The highest BCUT2D eigenvalue weighted by molar-refractivity contribution is 5.91. The van der Waals surface area contributed by atoms with Crippen LogP contribution in [0.3, 0.4) is 0 Å². The van der Waals surface area contributed by atoms with E-state index in [4.69, 9.17) is 14.2 Å². The molecule has 0 spiro atoms. The number of hydrogen-bond donors (Lipinski definition) is 5. The predicted molar refractivity (Wildman–Crippen MR) is 102 cm³/mol. The molecule has 0 bridgehead atoms. The van der Waals surface area contributed by atoms with Gasteiger partial charge in [-0.2, -0.15) is 0 Å². The first-order chi connectivity index (χ1) is 14.1. The van der Waals surface area contributed by atoms with Crippen molar-refractivity contribution in [3.63, 3.8) is 0 Å². The van der Waals surface area contributed by atoms with Crippen LogP contribution in [-0.2, 0) is 19.0 Å². The summed E-state index contributed by atoms with van der Waals surface area (Å²) in [7, 11) is 0. The first-order valence-corrected chi connectivity index (χ1v) is 10.1. The number of fused-ring (bicyclic) bond motifs is 3. The van der Waals surface area contributed by atoms with Crippen LogP contribution in [0.25, 0.3) is 0 Å². The smallest absolute Gasteiger partial charge is 0.334 e. The third kappa shape index (κ3) is 3.25. The molecule has 0 aromatic carbocycles. The number of ether oxygens (including phenoxy) is 3. The van der Waals surface area contributed by atoms with Crippen LogP contribution in [0.4, 0.5) is 0 Å². The molecular formula is C21H28O9. The van der Waals surface area contributed by atoms with Crippen LogP contribution in [0.1, 0.15) is 12.8 Å². The van der Waals surface area contributed by atoms with Gasteiger partial charge in [0.2, 0.25) is 0 Å². The van der Waals surface area contributed by atoms with Gasteiger partial charge in [-0.05, 0) is 24.3 Å². The van der Waals surface area contributed by atoms with E-state index < -0.39 is 67.5 Å². The summed E-state index contributed by atoms with van der Waals surface area (Å²) in [6.45, 7) is 11.5. The van der Waals surface area contributed by atoms with Crippen molar-refractivity contribution in [2.45, 2.75) is 61.9 Å². The number of esters is 1. The fourth-order valence-corrected chi connectivity index (χ4v) is 5.25. The largest absolute Gasteiger partial charge is 0.458 e. The van der Waals surface area contributed by atoms with E-state index in [-0.39, 0.29) is 23.8 Å². The maximum atomic E-state index is 12.1. The molecule has 2 aliphatic carbocycles. The van der Waals surface area contributed by atoms with Crippen molar-refractivity contribution < 1.29 is 44.5 Å². The normalized spacial score (nSPS) is 48.9. The SMILES string of the molecule is C=C1C(=O)O[C@@H]2[C@H]3C(=C)[C@@H](O[C@@H]4O[C@H](CO)[C@@H](O)[C@H](O)[C@H]4O)C[C@H]3C(=C)C[C@@H](O)[C@@H]12. The van der Waals surface area contributed by atoms with Gasteiger partial charge in [-0.3, -0.25) is 0 Å². The van der Waals surface area contributed by atoms with Gasteiger partial charge in [0.15, 0.2) is 6.29 Å². The van der Waals surface area contributed by atoms with Crippen molar-refractivity contribution in [3.8, 4) is 0 Å². The predicted octanol–water partition coefficient (Wildman–Crippen LogP) is -1.22. The lowest BCUT2D eigenvalue weighted by atomic mass is 9.81. The molecule has 0 aromatic heterocycles. The molecule has 0 radical (unpaired) electrons. The molecule has 11 atom stereocenters. The zero-order chi connectivity index (χ0) is 21.9. The second-order valence-electron chi connectivity index (χ2n) is 8.62. The Balaban J connectivity index is 1.56. The third-order valence-electron chi connectivity index (χ3n) is 6.92. The third-order valence-corrected chi connectivity index (χ3v) is 6.92.